The van der Waals surface area contributed by atoms with Gasteiger partial charge in [0, 0.05) is 12.1 Å². The van der Waals surface area contributed by atoms with Crippen LogP contribution in [0.15, 0.2) is 23.1 Å². The van der Waals surface area contributed by atoms with Crippen molar-refractivity contribution in [2.45, 2.75) is 11.5 Å². The number of halogens is 1. The van der Waals surface area contributed by atoms with Crippen molar-refractivity contribution in [3.63, 3.8) is 0 Å². The van der Waals surface area contributed by atoms with Gasteiger partial charge in [0.25, 0.3) is 0 Å². The minimum atomic E-state index is -3.89. The number of sulfonamides is 1. The summed E-state index contributed by atoms with van der Waals surface area (Å²) in [5.74, 6) is -1.27. The Kier molecular flexibility index (Phi) is 5.09. The maximum Gasteiger partial charge on any atom is 0.318 e. The Hall–Kier alpha value is -1.15. The molecule has 0 bridgehead atoms. The van der Waals surface area contributed by atoms with Crippen molar-refractivity contribution in [2.24, 2.45) is 0 Å². The number of hydrogen-bond acceptors (Lipinski definition) is 4. The van der Waals surface area contributed by atoms with Gasteiger partial charge in [0.15, 0.2) is 0 Å². The first-order valence-electron chi connectivity index (χ1n) is 4.85. The molecule has 0 radical (unpaired) electrons. The number of ether oxygens (including phenoxy) is 1. The molecule has 0 fully saturated rings. The largest absolute Gasteiger partial charge is 0.480 e. The van der Waals surface area contributed by atoms with Crippen LogP contribution in [0, 0.1) is 0 Å². The van der Waals surface area contributed by atoms with E-state index in [9.17, 15) is 13.2 Å². The molecule has 6 nitrogen and oxygen atoms in total. The lowest BCUT2D eigenvalue weighted by molar-refractivity contribution is -0.135. The van der Waals surface area contributed by atoms with Crippen molar-refractivity contribution >= 4 is 27.6 Å². The smallest absolute Gasteiger partial charge is 0.318 e. The highest BCUT2D eigenvalue weighted by Gasteiger charge is 2.16. The summed E-state index contributed by atoms with van der Waals surface area (Å²) in [6.07, 6.45) is 0. The van der Waals surface area contributed by atoms with Crippen molar-refractivity contribution in [3.8, 4) is 0 Å². The van der Waals surface area contributed by atoms with E-state index in [1.807, 2.05) is 4.72 Å². The third-order valence-corrected chi connectivity index (χ3v) is 3.56. The van der Waals surface area contributed by atoms with E-state index in [2.05, 4.69) is 0 Å². The highest BCUT2D eigenvalue weighted by atomic mass is 35.5. The molecule has 8 heteroatoms. The fraction of sp³-hybridized carbons (Fsp3) is 0.300. The van der Waals surface area contributed by atoms with Crippen LogP contribution < -0.4 is 4.72 Å². The number of benzene rings is 1. The molecule has 0 aliphatic rings. The van der Waals surface area contributed by atoms with Crippen molar-refractivity contribution in [2.75, 3.05) is 13.7 Å². The SMILES string of the molecule is COCc1cc(Cl)cc(S(=O)(=O)NCC(=O)O)c1. The van der Waals surface area contributed by atoms with E-state index < -0.39 is 22.5 Å². The second-order valence-electron chi connectivity index (χ2n) is 3.45. The summed E-state index contributed by atoms with van der Waals surface area (Å²) in [5.41, 5.74) is 0.584. The van der Waals surface area contributed by atoms with E-state index in [0.717, 1.165) is 0 Å². The fourth-order valence-electron chi connectivity index (χ4n) is 1.27. The molecule has 18 heavy (non-hydrogen) atoms. The zero-order valence-corrected chi connectivity index (χ0v) is 11.1. The van der Waals surface area contributed by atoms with Crippen LogP contribution >= 0.6 is 11.6 Å². The lowest BCUT2D eigenvalue weighted by Gasteiger charge is -2.07. The van der Waals surface area contributed by atoms with Crippen molar-refractivity contribution in [1.29, 1.82) is 0 Å². The first-order chi connectivity index (χ1) is 8.35. The minimum Gasteiger partial charge on any atom is -0.480 e. The molecule has 2 N–H and O–H groups in total. The molecule has 100 valence electrons. The quantitative estimate of drug-likeness (QED) is 0.811. The van der Waals surface area contributed by atoms with Crippen molar-refractivity contribution < 1.29 is 23.1 Å². The van der Waals surface area contributed by atoms with Crippen LogP contribution in [0.4, 0.5) is 0 Å². The molecule has 0 heterocycles. The lowest BCUT2D eigenvalue weighted by atomic mass is 10.2. The molecule has 0 aliphatic heterocycles. The molecule has 0 unspecified atom stereocenters. The second kappa shape index (κ2) is 6.14. The average molecular weight is 294 g/mol. The van der Waals surface area contributed by atoms with Crippen LogP contribution in [0.3, 0.4) is 0 Å². The minimum absolute atomic E-state index is 0.0942. The summed E-state index contributed by atoms with van der Waals surface area (Å²) in [5, 5.41) is 8.68. The second-order valence-corrected chi connectivity index (χ2v) is 5.65. The van der Waals surface area contributed by atoms with Crippen molar-refractivity contribution in [3.05, 3.63) is 28.8 Å². The maximum atomic E-state index is 11.8. The van der Waals surface area contributed by atoms with Crippen LogP contribution in [0.25, 0.3) is 0 Å². The van der Waals surface area contributed by atoms with Gasteiger partial charge in [-0.05, 0) is 23.8 Å². The van der Waals surface area contributed by atoms with Crippen LogP contribution in [0.1, 0.15) is 5.56 Å². The first-order valence-corrected chi connectivity index (χ1v) is 6.71. The number of aliphatic carboxylic acids is 1. The van der Waals surface area contributed by atoms with E-state index in [-0.39, 0.29) is 16.5 Å². The average Bonchev–Trinajstić information content (AvgIpc) is 2.26. The summed E-state index contributed by atoms with van der Waals surface area (Å²) in [6, 6.07) is 4.19. The number of nitrogens with one attached hydrogen (secondary N) is 1. The van der Waals surface area contributed by atoms with Gasteiger partial charge in [-0.1, -0.05) is 11.6 Å². The van der Waals surface area contributed by atoms with Crippen molar-refractivity contribution in [1.82, 2.24) is 4.72 Å². The van der Waals surface area contributed by atoms with E-state index in [1.54, 1.807) is 6.07 Å². The normalized spacial score (nSPS) is 11.4. The lowest BCUT2D eigenvalue weighted by Crippen LogP contribution is -2.29. The van der Waals surface area contributed by atoms with E-state index in [0.29, 0.717) is 5.56 Å². The molecule has 0 atom stereocenters. The van der Waals surface area contributed by atoms with Crippen LogP contribution in [-0.2, 0) is 26.2 Å². The molecular formula is C10H12ClNO5S. The molecular weight excluding hydrogens is 282 g/mol. The van der Waals surface area contributed by atoms with Gasteiger partial charge in [-0.2, -0.15) is 4.72 Å². The fourth-order valence-corrected chi connectivity index (χ4v) is 2.66. The highest BCUT2D eigenvalue weighted by Crippen LogP contribution is 2.19. The summed E-state index contributed by atoms with van der Waals surface area (Å²) in [6.45, 7) is -0.476. The molecule has 0 aromatic heterocycles. The summed E-state index contributed by atoms with van der Waals surface area (Å²) in [7, 11) is -2.42. The zero-order valence-electron chi connectivity index (χ0n) is 9.51. The first kappa shape index (κ1) is 14.9. The predicted octanol–water partition coefficient (Wildman–Crippen LogP) is 0.849. The standard InChI is InChI=1S/C10H12ClNO5S/c1-17-6-7-2-8(11)4-9(3-7)18(15,16)12-5-10(13)14/h2-4,12H,5-6H2,1H3,(H,13,14). The Balaban J connectivity index is 3.04. The van der Waals surface area contributed by atoms with Crippen LogP contribution in [-0.4, -0.2) is 33.1 Å². The van der Waals surface area contributed by atoms with Crippen LogP contribution in [0.2, 0.25) is 5.02 Å². The molecule has 0 saturated heterocycles. The monoisotopic (exact) mass is 293 g/mol. The molecule has 0 amide bonds. The predicted molar refractivity (Wildman–Crippen MR) is 65.0 cm³/mol. The number of methoxy groups -OCH3 is 1. The molecule has 1 rings (SSSR count). The molecule has 0 saturated carbocycles. The van der Waals surface area contributed by atoms with E-state index >= 15 is 0 Å². The van der Waals surface area contributed by atoms with Gasteiger partial charge in [0.05, 0.1) is 11.5 Å². The molecule has 0 spiro atoms. The molecule has 1 aromatic rings. The molecule has 1 aromatic carbocycles. The Morgan fingerprint density at radius 2 is 2.11 bits per heavy atom. The van der Waals surface area contributed by atoms with E-state index in [4.69, 9.17) is 21.4 Å². The number of carboxylic acid groups (broad SMARTS) is 1. The summed E-state index contributed by atoms with van der Waals surface area (Å²) < 4.78 is 30.4. The Labute approximate surface area is 110 Å². The number of carbonyl (C=O) groups is 1. The Morgan fingerprint density at radius 1 is 1.44 bits per heavy atom. The summed E-state index contributed by atoms with van der Waals surface area (Å²) >= 11 is 5.79. The Morgan fingerprint density at radius 3 is 2.67 bits per heavy atom. The van der Waals surface area contributed by atoms with Gasteiger partial charge >= 0.3 is 5.97 Å². The zero-order chi connectivity index (χ0) is 13.8. The topological polar surface area (TPSA) is 92.7 Å². The van der Waals surface area contributed by atoms with Gasteiger partial charge in [-0.15, -0.1) is 0 Å². The van der Waals surface area contributed by atoms with E-state index in [1.165, 1.54) is 19.2 Å². The maximum absolute atomic E-state index is 11.8. The van der Waals surface area contributed by atoms with Gasteiger partial charge in [-0.3, -0.25) is 4.79 Å². The summed E-state index contributed by atoms with van der Waals surface area (Å²) in [4.78, 5) is 10.2. The third-order valence-electron chi connectivity index (χ3n) is 1.97. The van der Waals surface area contributed by atoms with Gasteiger partial charge in [0.1, 0.15) is 6.54 Å². The van der Waals surface area contributed by atoms with Gasteiger partial charge < -0.3 is 9.84 Å². The number of hydrogen-bond donors (Lipinski definition) is 2. The van der Waals surface area contributed by atoms with Gasteiger partial charge in [0.2, 0.25) is 10.0 Å². The number of rotatable bonds is 6. The highest BCUT2D eigenvalue weighted by molar-refractivity contribution is 7.89. The Bertz CT molecular complexity index is 543. The third kappa shape index (κ3) is 4.26. The van der Waals surface area contributed by atoms with Crippen LogP contribution in [0.5, 0.6) is 0 Å². The number of carboxylic acids is 1. The molecule has 0 aliphatic carbocycles. The van der Waals surface area contributed by atoms with Gasteiger partial charge in [-0.25, -0.2) is 8.42 Å².